The molecule has 1 saturated heterocycles. The largest absolute Gasteiger partial charge is 0.375 e. The van der Waals surface area contributed by atoms with Crippen LogP contribution >= 0.6 is 11.3 Å². The number of carbonyl (C=O) groups is 1. The van der Waals surface area contributed by atoms with Crippen LogP contribution in [0.25, 0.3) is 0 Å². The highest BCUT2D eigenvalue weighted by Crippen LogP contribution is 2.16. The van der Waals surface area contributed by atoms with Gasteiger partial charge in [-0.05, 0) is 25.3 Å². The third-order valence-corrected chi connectivity index (χ3v) is 3.99. The fourth-order valence-electron chi connectivity index (χ4n) is 1.95. The first-order valence-corrected chi connectivity index (χ1v) is 6.50. The van der Waals surface area contributed by atoms with Crippen molar-refractivity contribution in [2.45, 2.75) is 32.4 Å². The first-order chi connectivity index (χ1) is 7.68. The van der Waals surface area contributed by atoms with Crippen molar-refractivity contribution in [3.63, 3.8) is 0 Å². The normalized spacial score (nSPS) is 25.8. The summed E-state index contributed by atoms with van der Waals surface area (Å²) in [6.45, 7) is 5.45. The first kappa shape index (κ1) is 11.6. The Kier molecular flexibility index (Phi) is 3.61. The van der Waals surface area contributed by atoms with E-state index in [1.54, 1.807) is 11.3 Å². The van der Waals surface area contributed by atoms with Crippen LogP contribution in [0.1, 0.15) is 18.7 Å². The van der Waals surface area contributed by atoms with Crippen LogP contribution in [-0.2, 0) is 16.0 Å². The lowest BCUT2D eigenvalue weighted by molar-refractivity contribution is -0.143. The van der Waals surface area contributed by atoms with E-state index in [1.165, 1.54) is 0 Å². The van der Waals surface area contributed by atoms with Crippen LogP contribution in [0.3, 0.4) is 0 Å². The molecule has 0 radical (unpaired) electrons. The average Bonchev–Trinajstić information content (AvgIpc) is 2.74. The van der Waals surface area contributed by atoms with Crippen molar-refractivity contribution in [1.82, 2.24) is 4.90 Å². The van der Waals surface area contributed by atoms with E-state index in [0.29, 0.717) is 13.0 Å². The van der Waals surface area contributed by atoms with Crippen molar-refractivity contribution in [3.8, 4) is 0 Å². The molecule has 2 atom stereocenters. The van der Waals surface area contributed by atoms with Crippen molar-refractivity contribution in [2.24, 2.45) is 0 Å². The van der Waals surface area contributed by atoms with Crippen molar-refractivity contribution < 1.29 is 9.53 Å². The SMILES string of the molecule is CC1OCCN(C(=O)Cc2cccs2)C1C. The maximum atomic E-state index is 12.1. The Hall–Kier alpha value is -0.870. The predicted molar refractivity (Wildman–Crippen MR) is 64.6 cm³/mol. The standard InChI is InChI=1S/C12H17NO2S/c1-9-10(2)15-6-5-13(9)12(14)8-11-4-3-7-16-11/h3-4,7,9-10H,5-6,8H2,1-2H3. The molecule has 1 fully saturated rings. The molecule has 1 aromatic rings. The third kappa shape index (κ3) is 2.44. The second-order valence-corrected chi connectivity index (χ2v) is 5.19. The molecule has 0 N–H and O–H groups in total. The zero-order valence-corrected chi connectivity index (χ0v) is 10.5. The molecule has 1 aliphatic rings. The Morgan fingerprint density at radius 1 is 1.62 bits per heavy atom. The molecule has 0 spiro atoms. The molecule has 0 aliphatic carbocycles. The van der Waals surface area contributed by atoms with Gasteiger partial charge in [-0.3, -0.25) is 4.79 Å². The number of ether oxygens (including phenoxy) is 1. The van der Waals surface area contributed by atoms with Gasteiger partial charge in [0.2, 0.25) is 5.91 Å². The lowest BCUT2D eigenvalue weighted by Gasteiger charge is -2.37. The molecule has 4 heteroatoms. The van der Waals surface area contributed by atoms with E-state index in [-0.39, 0.29) is 18.1 Å². The number of hydrogen-bond donors (Lipinski definition) is 0. The zero-order valence-electron chi connectivity index (χ0n) is 9.68. The third-order valence-electron chi connectivity index (χ3n) is 3.11. The van der Waals surface area contributed by atoms with Gasteiger partial charge >= 0.3 is 0 Å². The molecule has 1 aliphatic heterocycles. The Labute approximate surface area is 100 Å². The molecule has 2 rings (SSSR count). The number of amides is 1. The molecular weight excluding hydrogens is 222 g/mol. The first-order valence-electron chi connectivity index (χ1n) is 5.62. The van der Waals surface area contributed by atoms with Crippen molar-refractivity contribution in [3.05, 3.63) is 22.4 Å². The number of rotatable bonds is 2. The molecule has 0 bridgehead atoms. The minimum absolute atomic E-state index is 0.140. The Morgan fingerprint density at radius 2 is 2.44 bits per heavy atom. The minimum atomic E-state index is 0.140. The van der Waals surface area contributed by atoms with Gasteiger partial charge in [0.15, 0.2) is 0 Å². The van der Waals surface area contributed by atoms with Crippen molar-refractivity contribution in [1.29, 1.82) is 0 Å². The predicted octanol–water partition coefficient (Wildman–Crippen LogP) is 1.93. The lowest BCUT2D eigenvalue weighted by Crippen LogP contribution is -2.51. The summed E-state index contributed by atoms with van der Waals surface area (Å²) in [5, 5.41) is 2.01. The quantitative estimate of drug-likeness (QED) is 0.789. The molecule has 1 amide bonds. The van der Waals surface area contributed by atoms with Crippen LogP contribution in [0.5, 0.6) is 0 Å². The van der Waals surface area contributed by atoms with E-state index in [2.05, 4.69) is 6.92 Å². The molecule has 3 nitrogen and oxygen atoms in total. The van der Waals surface area contributed by atoms with Crippen LogP contribution in [0.2, 0.25) is 0 Å². The van der Waals surface area contributed by atoms with Gasteiger partial charge in [0.25, 0.3) is 0 Å². The topological polar surface area (TPSA) is 29.5 Å². The van der Waals surface area contributed by atoms with Crippen LogP contribution in [0.4, 0.5) is 0 Å². The minimum Gasteiger partial charge on any atom is -0.375 e. The summed E-state index contributed by atoms with van der Waals surface area (Å²) in [6, 6.07) is 4.18. The Balaban J connectivity index is 1.98. The Bertz CT molecular complexity index is 350. The highest BCUT2D eigenvalue weighted by molar-refractivity contribution is 7.10. The second kappa shape index (κ2) is 4.97. The van der Waals surface area contributed by atoms with Crippen LogP contribution in [-0.4, -0.2) is 36.1 Å². The van der Waals surface area contributed by atoms with E-state index in [1.807, 2.05) is 29.3 Å². The maximum Gasteiger partial charge on any atom is 0.228 e. The summed E-state index contributed by atoms with van der Waals surface area (Å²) < 4.78 is 5.51. The van der Waals surface area contributed by atoms with E-state index >= 15 is 0 Å². The molecule has 0 saturated carbocycles. The van der Waals surface area contributed by atoms with E-state index in [9.17, 15) is 4.79 Å². The van der Waals surface area contributed by atoms with Gasteiger partial charge in [-0.1, -0.05) is 6.07 Å². The number of morpholine rings is 1. The number of nitrogens with zero attached hydrogens (tertiary/aromatic N) is 1. The summed E-state index contributed by atoms with van der Waals surface area (Å²) in [6.07, 6.45) is 0.662. The van der Waals surface area contributed by atoms with Gasteiger partial charge in [-0.25, -0.2) is 0 Å². The molecule has 0 aromatic carbocycles. The summed E-state index contributed by atoms with van der Waals surface area (Å²) >= 11 is 1.64. The van der Waals surface area contributed by atoms with Crippen LogP contribution < -0.4 is 0 Å². The number of thiophene rings is 1. The van der Waals surface area contributed by atoms with E-state index in [4.69, 9.17) is 4.74 Å². The maximum absolute atomic E-state index is 12.1. The van der Waals surface area contributed by atoms with E-state index in [0.717, 1.165) is 11.4 Å². The summed E-state index contributed by atoms with van der Waals surface area (Å²) in [4.78, 5) is 15.2. The average molecular weight is 239 g/mol. The summed E-state index contributed by atoms with van der Waals surface area (Å²) in [7, 11) is 0. The fraction of sp³-hybridized carbons (Fsp3) is 0.583. The summed E-state index contributed by atoms with van der Waals surface area (Å²) in [5.74, 6) is 0.213. The van der Waals surface area contributed by atoms with Crippen LogP contribution in [0.15, 0.2) is 17.5 Å². The molecule has 1 aromatic heterocycles. The number of hydrogen-bond acceptors (Lipinski definition) is 3. The van der Waals surface area contributed by atoms with Gasteiger partial charge in [-0.15, -0.1) is 11.3 Å². The molecular formula is C12H17NO2S. The second-order valence-electron chi connectivity index (χ2n) is 4.16. The van der Waals surface area contributed by atoms with E-state index < -0.39 is 0 Å². The van der Waals surface area contributed by atoms with Gasteiger partial charge in [0.05, 0.1) is 25.2 Å². The fourth-order valence-corrected chi connectivity index (χ4v) is 2.64. The summed E-state index contributed by atoms with van der Waals surface area (Å²) in [5.41, 5.74) is 0. The molecule has 2 unspecified atom stereocenters. The Morgan fingerprint density at radius 3 is 3.12 bits per heavy atom. The molecule has 88 valence electrons. The molecule has 16 heavy (non-hydrogen) atoms. The van der Waals surface area contributed by atoms with Gasteiger partial charge in [0, 0.05) is 11.4 Å². The number of carbonyl (C=O) groups excluding carboxylic acids is 1. The van der Waals surface area contributed by atoms with Crippen molar-refractivity contribution >= 4 is 17.2 Å². The van der Waals surface area contributed by atoms with Gasteiger partial charge < -0.3 is 9.64 Å². The smallest absolute Gasteiger partial charge is 0.228 e. The lowest BCUT2D eigenvalue weighted by atomic mass is 10.1. The molecule has 2 heterocycles. The van der Waals surface area contributed by atoms with Crippen LogP contribution in [0, 0.1) is 0 Å². The zero-order chi connectivity index (χ0) is 11.5. The monoisotopic (exact) mass is 239 g/mol. The van der Waals surface area contributed by atoms with Gasteiger partial charge in [0.1, 0.15) is 0 Å². The highest BCUT2D eigenvalue weighted by Gasteiger charge is 2.28. The van der Waals surface area contributed by atoms with Gasteiger partial charge in [-0.2, -0.15) is 0 Å². The van der Waals surface area contributed by atoms with Crippen molar-refractivity contribution in [2.75, 3.05) is 13.2 Å². The highest BCUT2D eigenvalue weighted by atomic mass is 32.1.